The molecule has 0 radical (unpaired) electrons. The largest absolute Gasteiger partial charge is 0.313 e. The van der Waals surface area contributed by atoms with E-state index in [0.717, 1.165) is 17.9 Å². The molecule has 0 heterocycles. The fourth-order valence-electron chi connectivity index (χ4n) is 2.11. The summed E-state index contributed by atoms with van der Waals surface area (Å²) in [5.41, 5.74) is 0.765. The Balaban J connectivity index is 1.65. The lowest BCUT2D eigenvalue weighted by molar-refractivity contribution is 0.413. The fraction of sp³-hybridized carbons (Fsp3) is 0.818. The highest BCUT2D eigenvalue weighted by molar-refractivity contribution is 5.05. The zero-order chi connectivity index (χ0) is 8.44. The second-order valence-electron chi connectivity index (χ2n) is 4.34. The summed E-state index contributed by atoms with van der Waals surface area (Å²) in [4.78, 5) is 0. The van der Waals surface area contributed by atoms with Gasteiger partial charge in [0, 0.05) is 13.1 Å². The zero-order valence-corrected chi connectivity index (χ0v) is 7.97. The summed E-state index contributed by atoms with van der Waals surface area (Å²) < 4.78 is 0. The lowest BCUT2D eigenvalue weighted by Gasteiger charge is -2.13. The second kappa shape index (κ2) is 3.21. The van der Waals surface area contributed by atoms with Crippen LogP contribution in [-0.4, -0.2) is 13.1 Å². The topological polar surface area (TPSA) is 12.0 Å². The first-order valence-corrected chi connectivity index (χ1v) is 5.19. The number of allylic oxidation sites excluding steroid dienone is 1. The van der Waals surface area contributed by atoms with Crippen LogP contribution in [0.5, 0.6) is 0 Å². The minimum atomic E-state index is 0.765. The molecular weight excluding hydrogens is 146 g/mol. The minimum Gasteiger partial charge on any atom is -0.313 e. The summed E-state index contributed by atoms with van der Waals surface area (Å²) >= 11 is 0. The Bertz CT molecular complexity index is 175. The molecule has 0 saturated heterocycles. The number of hydrogen-bond donors (Lipinski definition) is 1. The van der Waals surface area contributed by atoms with Crippen LogP contribution in [0.15, 0.2) is 12.2 Å². The highest BCUT2D eigenvalue weighted by atomic mass is 14.9. The first-order valence-electron chi connectivity index (χ1n) is 5.19. The van der Waals surface area contributed by atoms with Crippen LogP contribution in [0.2, 0.25) is 0 Å². The van der Waals surface area contributed by atoms with E-state index in [4.69, 9.17) is 0 Å². The van der Waals surface area contributed by atoms with Crippen molar-refractivity contribution in [2.24, 2.45) is 11.3 Å². The second-order valence-corrected chi connectivity index (χ2v) is 4.34. The molecular formula is C11H19N. The van der Waals surface area contributed by atoms with Gasteiger partial charge in [-0.3, -0.25) is 0 Å². The van der Waals surface area contributed by atoms with Crippen molar-refractivity contribution in [1.29, 1.82) is 0 Å². The molecule has 2 fully saturated rings. The first kappa shape index (κ1) is 8.31. The summed E-state index contributed by atoms with van der Waals surface area (Å²) in [5.74, 6) is 1.09. The van der Waals surface area contributed by atoms with Gasteiger partial charge in [-0.1, -0.05) is 12.2 Å². The van der Waals surface area contributed by atoms with Crippen molar-refractivity contribution in [1.82, 2.24) is 5.32 Å². The van der Waals surface area contributed by atoms with Crippen LogP contribution >= 0.6 is 0 Å². The molecule has 0 unspecified atom stereocenters. The molecule has 1 nitrogen and oxygen atoms in total. The Morgan fingerprint density at radius 2 is 2.17 bits per heavy atom. The van der Waals surface area contributed by atoms with Crippen LogP contribution in [0.4, 0.5) is 0 Å². The number of nitrogens with one attached hydrogen (secondary N) is 1. The molecule has 1 N–H and O–H groups in total. The van der Waals surface area contributed by atoms with E-state index in [9.17, 15) is 0 Å². The van der Waals surface area contributed by atoms with Gasteiger partial charge in [0.05, 0.1) is 0 Å². The lowest BCUT2D eigenvalue weighted by atomic mass is 10.0. The molecule has 2 saturated carbocycles. The van der Waals surface area contributed by atoms with Crippen molar-refractivity contribution >= 4 is 0 Å². The van der Waals surface area contributed by atoms with E-state index >= 15 is 0 Å². The van der Waals surface area contributed by atoms with Crippen molar-refractivity contribution in [3.05, 3.63) is 12.2 Å². The van der Waals surface area contributed by atoms with Crippen LogP contribution in [-0.2, 0) is 0 Å². The summed E-state index contributed by atoms with van der Waals surface area (Å²) in [6.07, 6.45) is 10.3. The number of rotatable bonds is 5. The van der Waals surface area contributed by atoms with Crippen LogP contribution in [0.25, 0.3) is 0 Å². The summed E-state index contributed by atoms with van der Waals surface area (Å²) in [7, 11) is 0. The SMILES string of the molecule is C/C=C/CNCC1(C2CC2)CC1. The van der Waals surface area contributed by atoms with Crippen LogP contribution in [0, 0.1) is 11.3 Å². The molecule has 0 bridgehead atoms. The highest BCUT2D eigenvalue weighted by Gasteiger charge is 2.52. The molecule has 0 aliphatic heterocycles. The molecule has 0 atom stereocenters. The van der Waals surface area contributed by atoms with Crippen molar-refractivity contribution in [3.63, 3.8) is 0 Å². The van der Waals surface area contributed by atoms with Gasteiger partial charge in [0.1, 0.15) is 0 Å². The standard InChI is InChI=1S/C11H19N/c1-2-3-8-12-9-11(6-7-11)10-4-5-10/h2-3,10,12H,4-9H2,1H3/b3-2+. The monoisotopic (exact) mass is 165 g/mol. The van der Waals surface area contributed by atoms with Crippen molar-refractivity contribution in [2.45, 2.75) is 32.6 Å². The molecule has 2 aliphatic carbocycles. The maximum absolute atomic E-state index is 3.52. The average molecular weight is 165 g/mol. The maximum atomic E-state index is 3.52. The van der Waals surface area contributed by atoms with Gasteiger partial charge in [-0.15, -0.1) is 0 Å². The Morgan fingerprint density at radius 3 is 2.67 bits per heavy atom. The smallest absolute Gasteiger partial charge is 0.0135 e. The fourth-order valence-corrected chi connectivity index (χ4v) is 2.11. The quantitative estimate of drug-likeness (QED) is 0.487. The summed E-state index contributed by atoms with van der Waals surface area (Å²) in [5, 5.41) is 3.52. The van der Waals surface area contributed by atoms with E-state index in [1.165, 1.54) is 32.2 Å². The molecule has 2 rings (SSSR count). The predicted molar refractivity (Wildman–Crippen MR) is 52.1 cm³/mol. The van der Waals surface area contributed by atoms with Gasteiger partial charge >= 0.3 is 0 Å². The van der Waals surface area contributed by atoms with E-state index in [1.807, 2.05) is 0 Å². The molecule has 1 heteroatoms. The van der Waals surface area contributed by atoms with Gasteiger partial charge in [-0.05, 0) is 43.9 Å². The van der Waals surface area contributed by atoms with Gasteiger partial charge in [0.2, 0.25) is 0 Å². The van der Waals surface area contributed by atoms with Crippen LogP contribution in [0.3, 0.4) is 0 Å². The molecule has 0 spiro atoms. The average Bonchev–Trinajstić information content (AvgIpc) is 2.86. The van der Waals surface area contributed by atoms with E-state index in [-0.39, 0.29) is 0 Å². The van der Waals surface area contributed by atoms with E-state index in [2.05, 4.69) is 24.4 Å². The Kier molecular flexibility index (Phi) is 2.22. The first-order chi connectivity index (χ1) is 5.87. The third-order valence-corrected chi connectivity index (χ3v) is 3.31. The minimum absolute atomic E-state index is 0.765. The van der Waals surface area contributed by atoms with Crippen molar-refractivity contribution in [3.8, 4) is 0 Å². The van der Waals surface area contributed by atoms with E-state index in [0.29, 0.717) is 0 Å². The van der Waals surface area contributed by atoms with Crippen molar-refractivity contribution < 1.29 is 0 Å². The molecule has 0 aromatic rings. The molecule has 0 amide bonds. The summed E-state index contributed by atoms with van der Waals surface area (Å²) in [6, 6.07) is 0. The van der Waals surface area contributed by atoms with Crippen LogP contribution < -0.4 is 5.32 Å². The van der Waals surface area contributed by atoms with Crippen molar-refractivity contribution in [2.75, 3.05) is 13.1 Å². The van der Waals surface area contributed by atoms with Gasteiger partial charge in [-0.2, -0.15) is 0 Å². The Hall–Kier alpha value is -0.300. The molecule has 2 aliphatic rings. The lowest BCUT2D eigenvalue weighted by Crippen LogP contribution is -2.25. The normalized spacial score (nSPS) is 26.4. The maximum Gasteiger partial charge on any atom is 0.0135 e. The number of hydrogen-bond acceptors (Lipinski definition) is 1. The molecule has 68 valence electrons. The third-order valence-electron chi connectivity index (χ3n) is 3.31. The van der Waals surface area contributed by atoms with Crippen LogP contribution in [0.1, 0.15) is 32.6 Å². The van der Waals surface area contributed by atoms with E-state index < -0.39 is 0 Å². The predicted octanol–water partition coefficient (Wildman–Crippen LogP) is 2.34. The van der Waals surface area contributed by atoms with Gasteiger partial charge in [-0.25, -0.2) is 0 Å². The summed E-state index contributed by atoms with van der Waals surface area (Å²) in [6.45, 7) is 4.41. The highest BCUT2D eigenvalue weighted by Crippen LogP contribution is 2.60. The Labute approximate surface area is 75.2 Å². The molecule has 0 aromatic carbocycles. The molecule has 12 heavy (non-hydrogen) atoms. The zero-order valence-electron chi connectivity index (χ0n) is 7.97. The van der Waals surface area contributed by atoms with Gasteiger partial charge in [0.15, 0.2) is 0 Å². The Morgan fingerprint density at radius 1 is 1.42 bits per heavy atom. The third kappa shape index (κ3) is 1.71. The van der Waals surface area contributed by atoms with E-state index in [1.54, 1.807) is 0 Å². The van der Waals surface area contributed by atoms with Gasteiger partial charge in [0.25, 0.3) is 0 Å². The molecule has 0 aromatic heterocycles. The van der Waals surface area contributed by atoms with Gasteiger partial charge < -0.3 is 5.32 Å².